The van der Waals surface area contributed by atoms with E-state index in [1.807, 2.05) is 12.4 Å². The minimum Gasteiger partial charge on any atom is -0.348 e. The molecule has 1 aromatic rings. The van der Waals surface area contributed by atoms with E-state index in [1.165, 1.54) is 32.1 Å². The van der Waals surface area contributed by atoms with Gasteiger partial charge in [0.05, 0.1) is 6.54 Å². The monoisotopic (exact) mass is 231 g/mol. The number of nitrogens with one attached hydrogen (secondary N) is 2. The Labute approximate surface area is 102 Å². The first-order chi connectivity index (χ1) is 8.42. The van der Waals surface area contributed by atoms with Crippen LogP contribution in [-0.4, -0.2) is 16.0 Å². The molecular formula is C14H21N3. The third kappa shape index (κ3) is 1.55. The van der Waals surface area contributed by atoms with Crippen molar-refractivity contribution in [1.29, 1.82) is 0 Å². The number of aromatic amines is 1. The van der Waals surface area contributed by atoms with Gasteiger partial charge >= 0.3 is 0 Å². The van der Waals surface area contributed by atoms with Gasteiger partial charge in [0.15, 0.2) is 0 Å². The summed E-state index contributed by atoms with van der Waals surface area (Å²) < 4.78 is 0. The molecule has 17 heavy (non-hydrogen) atoms. The molecule has 3 aliphatic carbocycles. The van der Waals surface area contributed by atoms with Gasteiger partial charge in [0.1, 0.15) is 5.82 Å². The molecule has 3 heteroatoms. The Kier molecular flexibility index (Phi) is 2.29. The van der Waals surface area contributed by atoms with Gasteiger partial charge in [0, 0.05) is 18.4 Å². The van der Waals surface area contributed by atoms with Gasteiger partial charge in [0.25, 0.3) is 0 Å². The lowest BCUT2D eigenvalue weighted by Crippen LogP contribution is -2.39. The predicted octanol–water partition coefficient (Wildman–Crippen LogP) is 2.32. The van der Waals surface area contributed by atoms with Crippen LogP contribution in [0.5, 0.6) is 0 Å². The van der Waals surface area contributed by atoms with Crippen molar-refractivity contribution in [2.45, 2.75) is 44.7 Å². The van der Waals surface area contributed by atoms with Crippen molar-refractivity contribution in [1.82, 2.24) is 15.3 Å². The van der Waals surface area contributed by atoms with Crippen LogP contribution < -0.4 is 5.32 Å². The Balaban J connectivity index is 1.41. The molecular weight excluding hydrogens is 210 g/mol. The number of fused-ring (bicyclic) bond motifs is 5. The Hall–Kier alpha value is -0.830. The lowest BCUT2D eigenvalue weighted by Gasteiger charge is -2.32. The maximum Gasteiger partial charge on any atom is 0.120 e. The van der Waals surface area contributed by atoms with E-state index in [0.717, 1.165) is 42.1 Å². The van der Waals surface area contributed by atoms with Gasteiger partial charge in [-0.25, -0.2) is 4.98 Å². The smallest absolute Gasteiger partial charge is 0.120 e. The van der Waals surface area contributed by atoms with Crippen LogP contribution in [0, 0.1) is 23.7 Å². The molecule has 0 aromatic carbocycles. The first-order valence-electron chi connectivity index (χ1n) is 7.13. The van der Waals surface area contributed by atoms with E-state index in [1.54, 1.807) is 0 Å². The van der Waals surface area contributed by atoms with Gasteiger partial charge < -0.3 is 10.3 Å². The largest absolute Gasteiger partial charge is 0.348 e. The molecule has 3 aliphatic rings. The summed E-state index contributed by atoms with van der Waals surface area (Å²) in [6.45, 7) is 0.915. The molecule has 92 valence electrons. The van der Waals surface area contributed by atoms with Gasteiger partial charge in [-0.3, -0.25) is 0 Å². The molecule has 5 atom stereocenters. The normalized spacial score (nSPS) is 43.2. The number of rotatable bonds is 3. The zero-order chi connectivity index (χ0) is 11.2. The average molecular weight is 231 g/mol. The topological polar surface area (TPSA) is 40.7 Å². The fourth-order valence-corrected chi connectivity index (χ4v) is 4.93. The van der Waals surface area contributed by atoms with Gasteiger partial charge in [-0.05, 0) is 49.4 Å². The molecule has 0 radical (unpaired) electrons. The molecule has 2 N–H and O–H groups in total. The lowest BCUT2D eigenvalue weighted by molar-refractivity contribution is 0.207. The van der Waals surface area contributed by atoms with Crippen LogP contribution in [0.15, 0.2) is 12.4 Å². The Morgan fingerprint density at radius 1 is 1.24 bits per heavy atom. The summed E-state index contributed by atoms with van der Waals surface area (Å²) in [4.78, 5) is 7.47. The summed E-state index contributed by atoms with van der Waals surface area (Å²) in [5, 5.41) is 3.73. The molecule has 0 aliphatic heterocycles. The minimum atomic E-state index is 0.768. The maximum atomic E-state index is 4.29. The molecule has 0 saturated heterocycles. The van der Waals surface area contributed by atoms with Crippen LogP contribution in [-0.2, 0) is 6.54 Å². The van der Waals surface area contributed by atoms with E-state index in [9.17, 15) is 0 Å². The Bertz CT molecular complexity index is 386. The molecule has 0 spiro atoms. The highest BCUT2D eigenvalue weighted by Crippen LogP contribution is 2.58. The minimum absolute atomic E-state index is 0.768. The van der Waals surface area contributed by atoms with Crippen LogP contribution in [0.25, 0.3) is 0 Å². The summed E-state index contributed by atoms with van der Waals surface area (Å²) >= 11 is 0. The molecule has 2 bridgehead atoms. The molecule has 3 saturated carbocycles. The second-order valence-electron chi connectivity index (χ2n) is 6.18. The molecule has 4 rings (SSSR count). The number of hydrogen-bond acceptors (Lipinski definition) is 2. The van der Waals surface area contributed by atoms with Gasteiger partial charge in [-0.1, -0.05) is 6.42 Å². The van der Waals surface area contributed by atoms with Crippen molar-refractivity contribution in [2.24, 2.45) is 23.7 Å². The zero-order valence-electron chi connectivity index (χ0n) is 10.2. The van der Waals surface area contributed by atoms with Crippen molar-refractivity contribution in [2.75, 3.05) is 0 Å². The van der Waals surface area contributed by atoms with Crippen molar-refractivity contribution in [3.05, 3.63) is 18.2 Å². The average Bonchev–Trinajstić information content (AvgIpc) is 3.08. The summed E-state index contributed by atoms with van der Waals surface area (Å²) in [5.74, 6) is 5.25. The fraction of sp³-hybridized carbons (Fsp3) is 0.786. The second kappa shape index (κ2) is 3.84. The van der Waals surface area contributed by atoms with Crippen molar-refractivity contribution in [3.63, 3.8) is 0 Å². The third-order valence-electron chi connectivity index (χ3n) is 5.52. The van der Waals surface area contributed by atoms with E-state index in [0.29, 0.717) is 0 Å². The van der Waals surface area contributed by atoms with E-state index >= 15 is 0 Å². The van der Waals surface area contributed by atoms with Crippen LogP contribution >= 0.6 is 0 Å². The summed E-state index contributed by atoms with van der Waals surface area (Å²) in [5.41, 5.74) is 0. The van der Waals surface area contributed by atoms with Crippen LogP contribution in [0.3, 0.4) is 0 Å². The highest BCUT2D eigenvalue weighted by Gasteiger charge is 2.53. The van der Waals surface area contributed by atoms with Crippen LogP contribution in [0.1, 0.15) is 37.9 Å². The van der Waals surface area contributed by atoms with E-state index in [4.69, 9.17) is 0 Å². The number of aromatic nitrogens is 2. The van der Waals surface area contributed by atoms with Crippen LogP contribution in [0.2, 0.25) is 0 Å². The number of nitrogens with zero attached hydrogens (tertiary/aromatic N) is 1. The highest BCUT2D eigenvalue weighted by molar-refractivity contribution is 5.05. The highest BCUT2D eigenvalue weighted by atomic mass is 15.0. The van der Waals surface area contributed by atoms with E-state index in [2.05, 4.69) is 15.3 Å². The zero-order valence-corrected chi connectivity index (χ0v) is 10.2. The van der Waals surface area contributed by atoms with Gasteiger partial charge in [-0.15, -0.1) is 0 Å². The molecule has 0 amide bonds. The predicted molar refractivity (Wildman–Crippen MR) is 66.3 cm³/mol. The summed E-state index contributed by atoms with van der Waals surface area (Å²) in [6, 6.07) is 0.768. The number of hydrogen-bond donors (Lipinski definition) is 2. The lowest BCUT2D eigenvalue weighted by atomic mass is 9.79. The van der Waals surface area contributed by atoms with Crippen LogP contribution in [0.4, 0.5) is 0 Å². The quantitative estimate of drug-likeness (QED) is 0.838. The second-order valence-corrected chi connectivity index (χ2v) is 6.18. The molecule has 3 nitrogen and oxygen atoms in total. The molecule has 3 fully saturated rings. The summed E-state index contributed by atoms with van der Waals surface area (Å²) in [7, 11) is 0. The van der Waals surface area contributed by atoms with Crippen molar-refractivity contribution >= 4 is 0 Å². The number of H-pyrrole nitrogens is 1. The first kappa shape index (κ1) is 10.1. The third-order valence-corrected chi connectivity index (χ3v) is 5.52. The van der Waals surface area contributed by atoms with Gasteiger partial charge in [-0.2, -0.15) is 0 Å². The van der Waals surface area contributed by atoms with Crippen molar-refractivity contribution in [3.8, 4) is 0 Å². The van der Waals surface area contributed by atoms with Gasteiger partial charge in [0.2, 0.25) is 0 Å². The maximum absolute atomic E-state index is 4.29. The standard InChI is InChI=1S/C14H21N3/c1-2-10-9-6-12(11(10)3-1)13(7-9)17-8-14-15-4-5-16-14/h4-5,9-13,17H,1-3,6-8H2,(H,15,16). The molecule has 1 heterocycles. The molecule has 1 aromatic heterocycles. The summed E-state index contributed by atoms with van der Waals surface area (Å²) in [6.07, 6.45) is 11.2. The first-order valence-corrected chi connectivity index (χ1v) is 7.13. The van der Waals surface area contributed by atoms with Crippen molar-refractivity contribution < 1.29 is 0 Å². The Morgan fingerprint density at radius 2 is 2.18 bits per heavy atom. The molecule has 5 unspecified atom stereocenters. The SMILES string of the molecule is c1c[nH]c(CNC2CC3CC2C2CCCC32)n1. The fourth-order valence-electron chi connectivity index (χ4n) is 4.93. The number of imidazole rings is 1. The van der Waals surface area contributed by atoms with E-state index in [-0.39, 0.29) is 0 Å². The Morgan fingerprint density at radius 3 is 3.06 bits per heavy atom. The van der Waals surface area contributed by atoms with E-state index < -0.39 is 0 Å².